The van der Waals surface area contributed by atoms with E-state index in [1.807, 2.05) is 18.2 Å². The SMILES string of the molecule is O=S1(=O)CCC(CNC2CCOc3ccccc32)C1. The van der Waals surface area contributed by atoms with Gasteiger partial charge in [-0.2, -0.15) is 0 Å². The largest absolute Gasteiger partial charge is 0.493 e. The van der Waals surface area contributed by atoms with Crippen molar-refractivity contribution in [3.63, 3.8) is 0 Å². The molecular weight excluding hydrogens is 262 g/mol. The Balaban J connectivity index is 1.63. The Morgan fingerprint density at radius 2 is 2.11 bits per heavy atom. The second-order valence-electron chi connectivity index (χ2n) is 5.40. The van der Waals surface area contributed by atoms with E-state index in [9.17, 15) is 8.42 Å². The Bertz CT molecular complexity index is 556. The molecule has 1 N–H and O–H groups in total. The maximum absolute atomic E-state index is 11.4. The van der Waals surface area contributed by atoms with E-state index in [1.165, 1.54) is 5.56 Å². The van der Waals surface area contributed by atoms with Crippen molar-refractivity contribution in [2.75, 3.05) is 24.7 Å². The fourth-order valence-electron chi connectivity index (χ4n) is 2.90. The topological polar surface area (TPSA) is 55.4 Å². The number of fused-ring (bicyclic) bond motifs is 1. The molecule has 0 spiro atoms. The summed E-state index contributed by atoms with van der Waals surface area (Å²) in [5, 5.41) is 3.51. The van der Waals surface area contributed by atoms with Crippen molar-refractivity contribution >= 4 is 9.84 Å². The highest BCUT2D eigenvalue weighted by Gasteiger charge is 2.29. The first-order chi connectivity index (χ1) is 9.14. The normalized spacial score (nSPS) is 28.6. The zero-order chi connectivity index (χ0) is 13.3. The summed E-state index contributed by atoms with van der Waals surface area (Å²) in [5.74, 6) is 1.90. The summed E-state index contributed by atoms with van der Waals surface area (Å²) >= 11 is 0. The van der Waals surface area contributed by atoms with E-state index in [-0.39, 0.29) is 12.0 Å². The van der Waals surface area contributed by atoms with Gasteiger partial charge in [-0.05, 0) is 24.9 Å². The molecule has 104 valence electrons. The lowest BCUT2D eigenvalue weighted by molar-refractivity contribution is 0.249. The molecule has 0 aliphatic carbocycles. The number of para-hydroxylation sites is 1. The third kappa shape index (κ3) is 2.92. The summed E-state index contributed by atoms with van der Waals surface area (Å²) in [7, 11) is -2.77. The molecule has 19 heavy (non-hydrogen) atoms. The van der Waals surface area contributed by atoms with Crippen LogP contribution in [0.25, 0.3) is 0 Å². The van der Waals surface area contributed by atoms with Gasteiger partial charge in [0.15, 0.2) is 9.84 Å². The van der Waals surface area contributed by atoms with Crippen LogP contribution in [-0.2, 0) is 9.84 Å². The molecule has 0 radical (unpaired) electrons. The molecule has 5 heteroatoms. The van der Waals surface area contributed by atoms with Gasteiger partial charge in [-0.3, -0.25) is 0 Å². The van der Waals surface area contributed by atoms with Gasteiger partial charge in [0.25, 0.3) is 0 Å². The average Bonchev–Trinajstić information content (AvgIpc) is 2.76. The molecule has 3 rings (SSSR count). The molecule has 2 unspecified atom stereocenters. The molecule has 1 fully saturated rings. The fraction of sp³-hybridized carbons (Fsp3) is 0.571. The summed E-state index contributed by atoms with van der Waals surface area (Å²) < 4.78 is 28.5. The molecule has 2 aliphatic heterocycles. The Hall–Kier alpha value is -1.07. The van der Waals surface area contributed by atoms with E-state index in [1.54, 1.807) is 0 Å². The molecule has 2 aliphatic rings. The first-order valence-electron chi connectivity index (χ1n) is 6.79. The van der Waals surface area contributed by atoms with Crippen LogP contribution < -0.4 is 10.1 Å². The lowest BCUT2D eigenvalue weighted by Crippen LogP contribution is -2.31. The molecule has 0 amide bonds. The van der Waals surface area contributed by atoms with Gasteiger partial charge < -0.3 is 10.1 Å². The molecule has 1 saturated heterocycles. The van der Waals surface area contributed by atoms with Gasteiger partial charge in [0.2, 0.25) is 0 Å². The highest BCUT2D eigenvalue weighted by Crippen LogP contribution is 2.31. The van der Waals surface area contributed by atoms with Gasteiger partial charge in [0.05, 0.1) is 18.1 Å². The van der Waals surface area contributed by atoms with Crippen LogP contribution >= 0.6 is 0 Å². The highest BCUT2D eigenvalue weighted by molar-refractivity contribution is 7.91. The van der Waals surface area contributed by atoms with Crippen molar-refractivity contribution < 1.29 is 13.2 Å². The molecule has 0 bridgehead atoms. The van der Waals surface area contributed by atoms with E-state index in [0.29, 0.717) is 11.5 Å². The first kappa shape index (κ1) is 12.9. The van der Waals surface area contributed by atoms with Crippen molar-refractivity contribution in [1.29, 1.82) is 0 Å². The van der Waals surface area contributed by atoms with Crippen molar-refractivity contribution in [2.45, 2.75) is 18.9 Å². The van der Waals surface area contributed by atoms with Crippen molar-refractivity contribution in [3.8, 4) is 5.75 Å². The number of hydrogen-bond donors (Lipinski definition) is 1. The predicted molar refractivity (Wildman–Crippen MR) is 74.1 cm³/mol. The molecule has 2 heterocycles. The zero-order valence-electron chi connectivity index (χ0n) is 10.8. The van der Waals surface area contributed by atoms with Gasteiger partial charge >= 0.3 is 0 Å². The first-order valence-corrected chi connectivity index (χ1v) is 8.62. The van der Waals surface area contributed by atoms with Crippen molar-refractivity contribution in [2.24, 2.45) is 5.92 Å². The lowest BCUT2D eigenvalue weighted by atomic mass is 9.99. The minimum absolute atomic E-state index is 0.264. The van der Waals surface area contributed by atoms with Gasteiger partial charge in [-0.25, -0.2) is 8.42 Å². The monoisotopic (exact) mass is 281 g/mol. The van der Waals surface area contributed by atoms with Gasteiger partial charge in [-0.1, -0.05) is 18.2 Å². The molecule has 0 aromatic heterocycles. The van der Waals surface area contributed by atoms with Gasteiger partial charge in [-0.15, -0.1) is 0 Å². The van der Waals surface area contributed by atoms with Crippen LogP contribution in [0.3, 0.4) is 0 Å². The highest BCUT2D eigenvalue weighted by atomic mass is 32.2. The van der Waals surface area contributed by atoms with E-state index >= 15 is 0 Å². The predicted octanol–water partition coefficient (Wildman–Crippen LogP) is 1.53. The third-order valence-electron chi connectivity index (χ3n) is 3.94. The Kier molecular flexibility index (Phi) is 3.50. The van der Waals surface area contributed by atoms with E-state index in [0.717, 1.165) is 31.7 Å². The number of benzene rings is 1. The fourth-order valence-corrected chi connectivity index (χ4v) is 4.76. The van der Waals surface area contributed by atoms with Crippen LogP contribution in [0.2, 0.25) is 0 Å². The third-order valence-corrected chi connectivity index (χ3v) is 5.78. The van der Waals surface area contributed by atoms with E-state index in [2.05, 4.69) is 11.4 Å². The standard InChI is InChI=1S/C14H19NO3S/c16-19(17)8-6-11(10-19)9-15-13-5-7-18-14-4-2-1-3-12(13)14/h1-4,11,13,15H,5-10H2. The van der Waals surface area contributed by atoms with Crippen LogP contribution in [0.1, 0.15) is 24.4 Å². The minimum atomic E-state index is -2.77. The van der Waals surface area contributed by atoms with Gasteiger partial charge in [0.1, 0.15) is 5.75 Å². The summed E-state index contributed by atoms with van der Waals surface area (Å²) in [6, 6.07) is 8.35. The van der Waals surface area contributed by atoms with E-state index in [4.69, 9.17) is 4.74 Å². The Morgan fingerprint density at radius 3 is 2.89 bits per heavy atom. The maximum atomic E-state index is 11.4. The van der Waals surface area contributed by atoms with Crippen LogP contribution in [0.5, 0.6) is 5.75 Å². The lowest BCUT2D eigenvalue weighted by Gasteiger charge is -2.27. The molecule has 1 aromatic rings. The van der Waals surface area contributed by atoms with Crippen LogP contribution in [-0.4, -0.2) is 33.1 Å². The molecule has 4 nitrogen and oxygen atoms in total. The second-order valence-corrected chi connectivity index (χ2v) is 7.63. The van der Waals surface area contributed by atoms with Crippen molar-refractivity contribution in [1.82, 2.24) is 5.32 Å². The molecule has 0 saturated carbocycles. The number of ether oxygens (including phenoxy) is 1. The summed E-state index contributed by atoms with van der Waals surface area (Å²) in [6.07, 6.45) is 1.73. The maximum Gasteiger partial charge on any atom is 0.150 e. The Labute approximate surface area is 114 Å². The summed E-state index contributed by atoms with van der Waals surface area (Å²) in [5.41, 5.74) is 1.19. The smallest absolute Gasteiger partial charge is 0.150 e. The number of rotatable bonds is 3. The van der Waals surface area contributed by atoms with Crippen molar-refractivity contribution in [3.05, 3.63) is 29.8 Å². The van der Waals surface area contributed by atoms with Gasteiger partial charge in [0, 0.05) is 18.0 Å². The number of nitrogens with one attached hydrogen (secondary N) is 1. The quantitative estimate of drug-likeness (QED) is 0.913. The van der Waals surface area contributed by atoms with Crippen LogP contribution in [0.4, 0.5) is 0 Å². The second kappa shape index (κ2) is 5.13. The molecule has 1 aromatic carbocycles. The number of hydrogen-bond acceptors (Lipinski definition) is 4. The van der Waals surface area contributed by atoms with E-state index < -0.39 is 9.84 Å². The van der Waals surface area contributed by atoms with Crippen LogP contribution in [0.15, 0.2) is 24.3 Å². The average molecular weight is 281 g/mol. The molecule has 2 atom stereocenters. The van der Waals surface area contributed by atoms with Crippen LogP contribution in [0, 0.1) is 5.92 Å². The Morgan fingerprint density at radius 1 is 1.26 bits per heavy atom. The molecular formula is C14H19NO3S. The minimum Gasteiger partial charge on any atom is -0.493 e. The summed E-state index contributed by atoms with van der Waals surface area (Å²) in [4.78, 5) is 0. The summed E-state index contributed by atoms with van der Waals surface area (Å²) in [6.45, 7) is 1.50. The zero-order valence-corrected chi connectivity index (χ0v) is 11.7. The number of sulfone groups is 1.